The van der Waals surface area contributed by atoms with Crippen molar-refractivity contribution in [2.24, 2.45) is 11.7 Å². The van der Waals surface area contributed by atoms with E-state index in [0.717, 1.165) is 31.0 Å². The Morgan fingerprint density at radius 2 is 1.35 bits per heavy atom. The summed E-state index contributed by atoms with van der Waals surface area (Å²) in [4.78, 5) is 0. The molecule has 0 spiro atoms. The highest BCUT2D eigenvalue weighted by Gasteiger charge is 2.29. The lowest BCUT2D eigenvalue weighted by Gasteiger charge is -2.03. The Kier molecular flexibility index (Phi) is 19.2. The van der Waals surface area contributed by atoms with Crippen molar-refractivity contribution in [3.05, 3.63) is 35.9 Å². The molecule has 120 valence electrons. The van der Waals surface area contributed by atoms with Crippen LogP contribution in [0.25, 0.3) is 0 Å². The van der Waals surface area contributed by atoms with Gasteiger partial charge in [-0.15, -0.1) is 0 Å². The highest BCUT2D eigenvalue weighted by atomic mass is 19.4. The molecule has 0 fully saturated rings. The fourth-order valence-electron chi connectivity index (χ4n) is 0.960. The molecule has 1 nitrogen and oxygen atoms in total. The molecule has 0 saturated carbocycles. The Bertz CT molecular complexity index is 269. The van der Waals surface area contributed by atoms with Crippen LogP contribution in [0.4, 0.5) is 13.2 Å². The highest BCUT2D eigenvalue weighted by molar-refractivity contribution is 5.17. The van der Waals surface area contributed by atoms with Crippen molar-refractivity contribution in [2.45, 2.75) is 54.1 Å². The smallest absolute Gasteiger partial charge is 0.330 e. The van der Waals surface area contributed by atoms with Crippen molar-refractivity contribution < 1.29 is 13.2 Å². The van der Waals surface area contributed by atoms with Crippen LogP contribution in [0.3, 0.4) is 0 Å². The summed E-state index contributed by atoms with van der Waals surface area (Å²) in [6, 6.07) is 6.36. The minimum atomic E-state index is -4.21. The molecule has 0 amide bonds. The minimum Gasteiger partial charge on any atom is -0.330 e. The standard InChI is InChI=1S/C7H5F3.C5H13N.2C2H6/c8-7(9,10)6-4-2-1-3-5-6;1-5(2)3-4-6;2*1-2/h1-5H;5H,3-4,6H2,1-2H3;2*1-2H3. The van der Waals surface area contributed by atoms with E-state index in [1.54, 1.807) is 6.07 Å². The lowest BCUT2D eigenvalue weighted by molar-refractivity contribution is -0.137. The highest BCUT2D eigenvalue weighted by Crippen LogP contribution is 2.28. The van der Waals surface area contributed by atoms with Crippen molar-refractivity contribution >= 4 is 0 Å². The summed E-state index contributed by atoms with van der Waals surface area (Å²) in [5.41, 5.74) is 4.63. The van der Waals surface area contributed by atoms with Crippen LogP contribution in [0.15, 0.2) is 30.3 Å². The quantitative estimate of drug-likeness (QED) is 0.738. The normalized spacial score (nSPS) is 9.35. The van der Waals surface area contributed by atoms with Crippen LogP contribution in [0.5, 0.6) is 0 Å². The fourth-order valence-corrected chi connectivity index (χ4v) is 0.960. The van der Waals surface area contributed by atoms with Gasteiger partial charge in [0.2, 0.25) is 0 Å². The lowest BCUT2D eigenvalue weighted by Crippen LogP contribution is -2.03. The maximum absolute atomic E-state index is 11.8. The Hall–Kier alpha value is -1.03. The van der Waals surface area contributed by atoms with Crippen LogP contribution in [0, 0.1) is 5.92 Å². The van der Waals surface area contributed by atoms with Gasteiger partial charge >= 0.3 is 6.18 Å². The van der Waals surface area contributed by atoms with Crippen LogP contribution < -0.4 is 5.73 Å². The third kappa shape index (κ3) is 17.0. The number of rotatable bonds is 2. The average molecular weight is 293 g/mol. The minimum absolute atomic E-state index is 0.602. The number of halogens is 3. The van der Waals surface area contributed by atoms with Crippen LogP contribution in [0.1, 0.15) is 53.5 Å². The van der Waals surface area contributed by atoms with Crippen molar-refractivity contribution in [2.75, 3.05) is 6.54 Å². The predicted molar refractivity (Wildman–Crippen MR) is 82.6 cm³/mol. The fraction of sp³-hybridized carbons (Fsp3) is 0.625. The van der Waals surface area contributed by atoms with Gasteiger partial charge in [-0.05, 0) is 18.9 Å². The Balaban J connectivity index is -0.000000250. The molecule has 0 bridgehead atoms. The molecule has 0 aromatic heterocycles. The molecule has 1 aromatic carbocycles. The number of hydrogen-bond donors (Lipinski definition) is 1. The van der Waals surface area contributed by atoms with Crippen LogP contribution in [-0.2, 0) is 6.18 Å². The molecule has 0 atom stereocenters. The number of nitrogens with two attached hydrogens (primary N) is 1. The van der Waals surface area contributed by atoms with E-state index in [0.29, 0.717) is 0 Å². The van der Waals surface area contributed by atoms with Gasteiger partial charge in [0.25, 0.3) is 0 Å². The first-order valence-corrected chi connectivity index (χ1v) is 7.20. The molecule has 0 aliphatic rings. The molecular weight excluding hydrogens is 263 g/mol. The van der Waals surface area contributed by atoms with Crippen molar-refractivity contribution in [1.29, 1.82) is 0 Å². The van der Waals surface area contributed by atoms with E-state index in [1.807, 2.05) is 27.7 Å². The molecule has 0 saturated heterocycles. The summed E-state index contributed by atoms with van der Waals surface area (Å²) >= 11 is 0. The SMILES string of the molecule is CC.CC.CC(C)CCN.FC(F)(F)c1ccccc1. The lowest BCUT2D eigenvalue weighted by atomic mass is 10.1. The summed E-state index contributed by atoms with van der Waals surface area (Å²) in [6.07, 6.45) is -3.05. The zero-order valence-electron chi connectivity index (χ0n) is 13.6. The number of benzene rings is 1. The molecular formula is C16H30F3N. The predicted octanol–water partition coefficient (Wildman–Crippen LogP) is 5.75. The molecule has 0 aliphatic heterocycles. The van der Waals surface area contributed by atoms with Gasteiger partial charge in [-0.25, -0.2) is 0 Å². The molecule has 0 aliphatic carbocycles. The third-order valence-electron chi connectivity index (χ3n) is 1.85. The first-order valence-electron chi connectivity index (χ1n) is 7.20. The topological polar surface area (TPSA) is 26.0 Å². The zero-order valence-corrected chi connectivity index (χ0v) is 13.6. The van der Waals surface area contributed by atoms with E-state index in [2.05, 4.69) is 13.8 Å². The molecule has 0 radical (unpaired) electrons. The third-order valence-corrected chi connectivity index (χ3v) is 1.85. The first-order chi connectivity index (χ1) is 9.38. The largest absolute Gasteiger partial charge is 0.416 e. The summed E-state index contributed by atoms with van der Waals surface area (Å²) < 4.78 is 35.4. The summed E-state index contributed by atoms with van der Waals surface area (Å²) in [6.45, 7) is 13.2. The maximum Gasteiger partial charge on any atom is 0.416 e. The van der Waals surface area contributed by atoms with Gasteiger partial charge in [-0.1, -0.05) is 71.9 Å². The van der Waals surface area contributed by atoms with E-state index in [9.17, 15) is 13.2 Å². The number of hydrogen-bond acceptors (Lipinski definition) is 1. The zero-order chi connectivity index (χ0) is 16.6. The van der Waals surface area contributed by atoms with Crippen LogP contribution in [-0.4, -0.2) is 6.54 Å². The van der Waals surface area contributed by atoms with E-state index < -0.39 is 11.7 Å². The Labute approximate surface area is 122 Å². The van der Waals surface area contributed by atoms with E-state index >= 15 is 0 Å². The molecule has 20 heavy (non-hydrogen) atoms. The van der Waals surface area contributed by atoms with Gasteiger partial charge in [0.1, 0.15) is 0 Å². The Morgan fingerprint density at radius 1 is 0.950 bits per heavy atom. The van der Waals surface area contributed by atoms with Gasteiger partial charge in [-0.3, -0.25) is 0 Å². The molecule has 1 aromatic rings. The van der Waals surface area contributed by atoms with Gasteiger partial charge in [0.15, 0.2) is 0 Å². The van der Waals surface area contributed by atoms with Crippen LogP contribution in [0.2, 0.25) is 0 Å². The first kappa shape index (κ1) is 24.0. The summed E-state index contributed by atoms with van der Waals surface area (Å²) in [5.74, 6) is 0.773. The average Bonchev–Trinajstić information content (AvgIpc) is 2.44. The molecule has 2 N–H and O–H groups in total. The monoisotopic (exact) mass is 293 g/mol. The van der Waals surface area contributed by atoms with Gasteiger partial charge < -0.3 is 5.73 Å². The number of alkyl halides is 3. The summed E-state index contributed by atoms with van der Waals surface area (Å²) in [5, 5.41) is 0. The molecule has 0 heterocycles. The second kappa shape index (κ2) is 16.0. The van der Waals surface area contributed by atoms with E-state index in [4.69, 9.17) is 5.73 Å². The van der Waals surface area contributed by atoms with Crippen LogP contribution >= 0.6 is 0 Å². The van der Waals surface area contributed by atoms with Crippen molar-refractivity contribution in [3.63, 3.8) is 0 Å². The molecule has 4 heteroatoms. The van der Waals surface area contributed by atoms with Crippen molar-refractivity contribution in [1.82, 2.24) is 0 Å². The summed E-state index contributed by atoms with van der Waals surface area (Å²) in [7, 11) is 0. The second-order valence-electron chi connectivity index (χ2n) is 3.83. The van der Waals surface area contributed by atoms with E-state index in [1.165, 1.54) is 12.1 Å². The van der Waals surface area contributed by atoms with Gasteiger partial charge in [0, 0.05) is 0 Å². The Morgan fingerprint density at radius 3 is 1.50 bits per heavy atom. The second-order valence-corrected chi connectivity index (χ2v) is 3.83. The van der Waals surface area contributed by atoms with E-state index in [-0.39, 0.29) is 0 Å². The van der Waals surface area contributed by atoms with Gasteiger partial charge in [0.05, 0.1) is 5.56 Å². The maximum atomic E-state index is 11.8. The molecule has 1 rings (SSSR count). The molecule has 0 unspecified atom stereocenters. The van der Waals surface area contributed by atoms with Crippen molar-refractivity contribution in [3.8, 4) is 0 Å². The van der Waals surface area contributed by atoms with Gasteiger partial charge in [-0.2, -0.15) is 13.2 Å².